The molecule has 3 N–H and O–H groups in total. The highest BCUT2D eigenvalue weighted by molar-refractivity contribution is 7.15. The van der Waals surface area contributed by atoms with Crippen molar-refractivity contribution in [1.29, 1.82) is 0 Å². The van der Waals surface area contributed by atoms with E-state index >= 15 is 0 Å². The van der Waals surface area contributed by atoms with Crippen molar-refractivity contribution in [2.24, 2.45) is 0 Å². The van der Waals surface area contributed by atoms with Crippen molar-refractivity contribution < 1.29 is 14.7 Å². The number of carboxylic acid groups (broad SMARTS) is 1. The van der Waals surface area contributed by atoms with Gasteiger partial charge in [0.15, 0.2) is 5.13 Å². The maximum Gasteiger partial charge on any atom is 0.309 e. The molecule has 0 aliphatic rings. The van der Waals surface area contributed by atoms with E-state index in [-0.39, 0.29) is 12.3 Å². The normalized spacial score (nSPS) is 10.7. The van der Waals surface area contributed by atoms with Crippen LogP contribution in [-0.4, -0.2) is 22.0 Å². The van der Waals surface area contributed by atoms with Crippen LogP contribution < -0.4 is 10.6 Å². The molecule has 3 rings (SSSR count). The van der Waals surface area contributed by atoms with Gasteiger partial charge in [0.25, 0.3) is 5.91 Å². The molecular formula is C23H27N3O3S2. The number of aromatic nitrogens is 1. The van der Waals surface area contributed by atoms with Crippen molar-refractivity contribution in [1.82, 2.24) is 4.98 Å². The van der Waals surface area contributed by atoms with Crippen LogP contribution in [0, 0.1) is 0 Å². The Morgan fingerprint density at radius 1 is 1.10 bits per heavy atom. The Labute approximate surface area is 190 Å². The van der Waals surface area contributed by atoms with E-state index < -0.39 is 5.97 Å². The third kappa shape index (κ3) is 7.18. The summed E-state index contributed by atoms with van der Waals surface area (Å²) in [5, 5.41) is 17.1. The van der Waals surface area contributed by atoms with Crippen LogP contribution in [0.1, 0.15) is 58.4 Å². The first-order chi connectivity index (χ1) is 15.0. The maximum absolute atomic E-state index is 12.5. The number of thiophene rings is 1. The summed E-state index contributed by atoms with van der Waals surface area (Å²) in [5.74, 6) is -1.18. The Bertz CT molecular complexity index is 1010. The average Bonchev–Trinajstić information content (AvgIpc) is 3.39. The monoisotopic (exact) mass is 457 g/mol. The highest BCUT2D eigenvalue weighted by Gasteiger charge is 2.13. The van der Waals surface area contributed by atoms with Crippen LogP contribution >= 0.6 is 22.7 Å². The summed E-state index contributed by atoms with van der Waals surface area (Å²) in [5.41, 5.74) is 2.92. The minimum Gasteiger partial charge on any atom is -0.481 e. The van der Waals surface area contributed by atoms with Crippen molar-refractivity contribution in [2.45, 2.75) is 52.0 Å². The lowest BCUT2D eigenvalue weighted by atomic mass is 10.0. The van der Waals surface area contributed by atoms with Crippen molar-refractivity contribution >= 4 is 45.4 Å². The molecule has 1 amide bonds. The summed E-state index contributed by atoms with van der Waals surface area (Å²) < 4.78 is 0. The van der Waals surface area contributed by atoms with E-state index in [1.54, 1.807) is 11.4 Å². The number of anilines is 2. The van der Waals surface area contributed by atoms with Crippen LogP contribution in [0.25, 0.3) is 0 Å². The number of carbonyl (C=O) groups excluding carboxylic acids is 1. The molecule has 0 unspecified atom stereocenters. The number of benzene rings is 1. The minimum atomic E-state index is -0.943. The van der Waals surface area contributed by atoms with Crippen molar-refractivity contribution in [3.63, 3.8) is 0 Å². The molecule has 164 valence electrons. The lowest BCUT2D eigenvalue weighted by molar-refractivity contribution is -0.136. The van der Waals surface area contributed by atoms with Gasteiger partial charge in [-0.2, -0.15) is 0 Å². The predicted molar refractivity (Wildman–Crippen MR) is 127 cm³/mol. The molecule has 0 spiro atoms. The lowest BCUT2D eigenvalue weighted by Crippen LogP contribution is -2.10. The zero-order valence-electron chi connectivity index (χ0n) is 17.5. The van der Waals surface area contributed by atoms with Crippen molar-refractivity contribution in [3.05, 3.63) is 62.8 Å². The minimum absolute atomic E-state index is 0.152. The second-order valence-corrected chi connectivity index (χ2v) is 9.28. The lowest BCUT2D eigenvalue weighted by Gasteiger charge is -2.11. The molecule has 0 bridgehead atoms. The highest BCUT2D eigenvalue weighted by atomic mass is 32.1. The third-order valence-electron chi connectivity index (χ3n) is 4.76. The summed E-state index contributed by atoms with van der Waals surface area (Å²) in [4.78, 5) is 29.1. The Morgan fingerprint density at radius 3 is 2.74 bits per heavy atom. The first-order valence-corrected chi connectivity index (χ1v) is 12.1. The first-order valence-electron chi connectivity index (χ1n) is 10.4. The fraction of sp³-hybridized carbons (Fsp3) is 0.348. The molecule has 0 saturated carbocycles. The molecule has 31 heavy (non-hydrogen) atoms. The van der Waals surface area contributed by atoms with Gasteiger partial charge in [-0.25, -0.2) is 4.98 Å². The van der Waals surface area contributed by atoms with E-state index in [1.165, 1.54) is 53.9 Å². The molecule has 0 fully saturated rings. The van der Waals surface area contributed by atoms with Crippen molar-refractivity contribution in [3.8, 4) is 0 Å². The smallest absolute Gasteiger partial charge is 0.309 e. The Balaban J connectivity index is 1.54. The van der Waals surface area contributed by atoms with E-state index in [0.29, 0.717) is 22.2 Å². The Morgan fingerprint density at radius 2 is 1.94 bits per heavy atom. The van der Waals surface area contributed by atoms with Gasteiger partial charge >= 0.3 is 5.97 Å². The fourth-order valence-corrected chi connectivity index (χ4v) is 4.74. The van der Waals surface area contributed by atoms with Gasteiger partial charge < -0.3 is 10.4 Å². The molecule has 2 aromatic heterocycles. The van der Waals surface area contributed by atoms with Crippen LogP contribution in [0.4, 0.5) is 10.8 Å². The van der Waals surface area contributed by atoms with Crippen LogP contribution in [0.5, 0.6) is 0 Å². The molecular weight excluding hydrogens is 430 g/mol. The zero-order valence-corrected chi connectivity index (χ0v) is 19.2. The number of nitrogens with zero attached hydrogens (tertiary/aromatic N) is 1. The summed E-state index contributed by atoms with van der Waals surface area (Å²) in [6, 6.07) is 12.2. The molecule has 6 nitrogen and oxygen atoms in total. The largest absolute Gasteiger partial charge is 0.481 e. The maximum atomic E-state index is 12.5. The molecule has 0 saturated heterocycles. The number of rotatable bonds is 12. The highest BCUT2D eigenvalue weighted by Crippen LogP contribution is 2.23. The molecule has 1 aromatic carbocycles. The molecule has 3 aromatic rings. The average molecular weight is 458 g/mol. The molecule has 8 heteroatoms. The molecule has 2 heterocycles. The molecule has 0 aliphatic heterocycles. The number of hydrogen-bond donors (Lipinski definition) is 3. The predicted octanol–water partition coefficient (Wildman–Crippen LogP) is 5.82. The summed E-state index contributed by atoms with van der Waals surface area (Å²) >= 11 is 2.66. The van der Waals surface area contributed by atoms with Crippen molar-refractivity contribution in [2.75, 3.05) is 10.6 Å². The number of unbranched alkanes of at least 4 members (excludes halogenated alkanes) is 3. The van der Waals surface area contributed by atoms with Gasteiger partial charge in [0.1, 0.15) is 0 Å². The standard InChI is InChI=1S/C23H27N3O3S2/c1-2-3-4-5-8-16-9-6-7-10-19(16)24-14-18-11-12-20(31-18)22(29)26-23-25-17(15-30-23)13-21(27)28/h6-7,9-12,15,24H,2-5,8,13-14H2,1H3,(H,27,28)(H,25,26,29). The number of aliphatic carboxylic acids is 1. The van der Waals surface area contributed by atoms with Gasteiger partial charge in [0, 0.05) is 22.5 Å². The van der Waals surface area contributed by atoms with Gasteiger partial charge in [-0.3, -0.25) is 14.9 Å². The van der Waals surface area contributed by atoms with Crippen LogP contribution in [-0.2, 0) is 24.2 Å². The van der Waals surface area contributed by atoms with Gasteiger partial charge in [0.05, 0.1) is 17.0 Å². The summed E-state index contributed by atoms with van der Waals surface area (Å²) in [7, 11) is 0. The van der Waals surface area contributed by atoms with E-state index in [4.69, 9.17) is 5.11 Å². The van der Waals surface area contributed by atoms with E-state index in [2.05, 4.69) is 40.7 Å². The number of carboxylic acids is 1. The number of para-hydroxylation sites is 1. The zero-order chi connectivity index (χ0) is 22.1. The van der Waals surface area contributed by atoms with Gasteiger partial charge in [-0.1, -0.05) is 44.4 Å². The molecule has 0 radical (unpaired) electrons. The van der Waals surface area contributed by atoms with Crippen LogP contribution in [0.3, 0.4) is 0 Å². The second-order valence-electron chi connectivity index (χ2n) is 7.26. The number of amides is 1. The van der Waals surface area contributed by atoms with E-state index in [0.717, 1.165) is 17.0 Å². The van der Waals surface area contributed by atoms with Gasteiger partial charge in [0.2, 0.25) is 0 Å². The number of thiazole rings is 1. The third-order valence-corrected chi connectivity index (χ3v) is 6.65. The van der Waals surface area contributed by atoms with Crippen LogP contribution in [0.2, 0.25) is 0 Å². The summed E-state index contributed by atoms with van der Waals surface area (Å²) in [6.07, 6.45) is 5.88. The number of aryl methyl sites for hydroxylation is 1. The topological polar surface area (TPSA) is 91.3 Å². The fourth-order valence-electron chi connectivity index (χ4n) is 3.19. The quantitative estimate of drug-likeness (QED) is 0.298. The summed E-state index contributed by atoms with van der Waals surface area (Å²) in [6.45, 7) is 2.88. The van der Waals surface area contributed by atoms with E-state index in [1.807, 2.05) is 12.1 Å². The Kier molecular flexibility index (Phi) is 8.61. The second kappa shape index (κ2) is 11.6. The van der Waals surface area contributed by atoms with Gasteiger partial charge in [-0.15, -0.1) is 22.7 Å². The Hall–Kier alpha value is -2.71. The van der Waals surface area contributed by atoms with Gasteiger partial charge in [-0.05, 0) is 36.6 Å². The molecule has 0 atom stereocenters. The first kappa shape index (κ1) is 23.0. The number of nitrogens with one attached hydrogen (secondary N) is 2. The van der Waals surface area contributed by atoms with E-state index in [9.17, 15) is 9.59 Å². The molecule has 0 aliphatic carbocycles. The SMILES string of the molecule is CCCCCCc1ccccc1NCc1ccc(C(=O)Nc2nc(CC(=O)O)cs2)s1. The number of hydrogen-bond acceptors (Lipinski definition) is 6. The number of carbonyl (C=O) groups is 2. The van der Waals surface area contributed by atoms with Crippen LogP contribution in [0.15, 0.2) is 41.8 Å².